The van der Waals surface area contributed by atoms with Crippen molar-refractivity contribution < 1.29 is 24.6 Å². The van der Waals surface area contributed by atoms with Crippen LogP contribution in [0.25, 0.3) is 6.08 Å². The molecular formula is C16H15NO5S2. The lowest BCUT2D eigenvalue weighted by Gasteiger charge is -2.22. The summed E-state index contributed by atoms with van der Waals surface area (Å²) < 4.78 is 0.123. The molecule has 2 rings (SSSR count). The van der Waals surface area contributed by atoms with Crippen molar-refractivity contribution in [1.29, 1.82) is 0 Å². The van der Waals surface area contributed by atoms with E-state index in [4.69, 9.17) is 17.3 Å². The third kappa shape index (κ3) is 4.01. The van der Waals surface area contributed by atoms with Gasteiger partial charge < -0.3 is 10.2 Å². The van der Waals surface area contributed by atoms with Gasteiger partial charge in [0.2, 0.25) is 0 Å². The lowest BCUT2D eigenvalue weighted by molar-refractivity contribution is -0.146. The highest BCUT2D eigenvalue weighted by atomic mass is 32.2. The fourth-order valence-corrected chi connectivity index (χ4v) is 3.61. The Morgan fingerprint density at radius 3 is 2.58 bits per heavy atom. The minimum Gasteiger partial charge on any atom is -0.481 e. The predicted molar refractivity (Wildman–Crippen MR) is 94.5 cm³/mol. The number of thiocarbonyl (C=S) groups is 1. The van der Waals surface area contributed by atoms with E-state index in [2.05, 4.69) is 0 Å². The first-order valence-electron chi connectivity index (χ1n) is 7.08. The van der Waals surface area contributed by atoms with Crippen LogP contribution in [-0.4, -0.2) is 43.3 Å². The minimum atomic E-state index is -1.28. The van der Waals surface area contributed by atoms with Crippen LogP contribution >= 0.6 is 24.0 Å². The van der Waals surface area contributed by atoms with Crippen molar-refractivity contribution in [2.75, 3.05) is 0 Å². The number of hydrogen-bond donors (Lipinski definition) is 2. The minimum absolute atomic E-state index is 0.123. The molecule has 0 spiro atoms. The molecule has 1 fully saturated rings. The summed E-state index contributed by atoms with van der Waals surface area (Å²) in [5.74, 6) is -2.90. The normalized spacial score (nSPS) is 17.4. The van der Waals surface area contributed by atoms with Gasteiger partial charge in [-0.3, -0.25) is 14.5 Å². The smallest absolute Gasteiger partial charge is 0.326 e. The Balaban J connectivity index is 2.28. The van der Waals surface area contributed by atoms with Gasteiger partial charge in [-0.15, -0.1) is 0 Å². The maximum atomic E-state index is 12.6. The van der Waals surface area contributed by atoms with Crippen LogP contribution in [0.3, 0.4) is 0 Å². The van der Waals surface area contributed by atoms with E-state index in [9.17, 15) is 19.5 Å². The molecule has 1 saturated heterocycles. The SMILES string of the molecule is Cc1ccccc1/C=C1/SC(=S)N(C(CCC(=O)O)C(=O)O)C1=O. The summed E-state index contributed by atoms with van der Waals surface area (Å²) in [7, 11) is 0. The Kier molecular flexibility index (Phi) is 5.74. The molecule has 0 bridgehead atoms. The van der Waals surface area contributed by atoms with Crippen LogP contribution < -0.4 is 0 Å². The molecule has 1 aliphatic rings. The van der Waals surface area contributed by atoms with Gasteiger partial charge in [0.1, 0.15) is 10.4 Å². The number of nitrogens with zero attached hydrogens (tertiary/aromatic N) is 1. The van der Waals surface area contributed by atoms with Crippen LogP contribution in [-0.2, 0) is 14.4 Å². The zero-order chi connectivity index (χ0) is 17.9. The third-order valence-corrected chi connectivity index (χ3v) is 4.86. The van der Waals surface area contributed by atoms with E-state index in [1.807, 2.05) is 31.2 Å². The van der Waals surface area contributed by atoms with Gasteiger partial charge in [-0.25, -0.2) is 4.79 Å². The van der Waals surface area contributed by atoms with Crippen LogP contribution in [0.1, 0.15) is 24.0 Å². The summed E-state index contributed by atoms with van der Waals surface area (Å²) in [5, 5.41) is 18.1. The lowest BCUT2D eigenvalue weighted by Crippen LogP contribution is -2.44. The molecule has 0 saturated carbocycles. The summed E-state index contributed by atoms with van der Waals surface area (Å²) >= 11 is 6.16. The van der Waals surface area contributed by atoms with Crippen molar-refractivity contribution in [2.45, 2.75) is 25.8 Å². The van der Waals surface area contributed by atoms with Crippen LogP contribution in [0.5, 0.6) is 0 Å². The number of aryl methyl sites for hydroxylation is 1. The number of aliphatic carboxylic acids is 2. The highest BCUT2D eigenvalue weighted by Gasteiger charge is 2.40. The van der Waals surface area contributed by atoms with Gasteiger partial charge in [-0.1, -0.05) is 48.2 Å². The Bertz CT molecular complexity index is 744. The number of rotatable bonds is 6. The molecule has 0 aromatic heterocycles. The zero-order valence-electron chi connectivity index (χ0n) is 12.8. The summed E-state index contributed by atoms with van der Waals surface area (Å²) in [4.78, 5) is 36.0. The molecule has 0 radical (unpaired) electrons. The number of carboxylic acids is 2. The molecule has 1 aromatic rings. The molecule has 6 nitrogen and oxygen atoms in total. The predicted octanol–water partition coefficient (Wildman–Crippen LogP) is 2.51. The van der Waals surface area contributed by atoms with Gasteiger partial charge in [0.05, 0.1) is 4.91 Å². The molecule has 126 valence electrons. The van der Waals surface area contributed by atoms with Gasteiger partial charge in [0, 0.05) is 6.42 Å². The Morgan fingerprint density at radius 1 is 1.33 bits per heavy atom. The molecule has 1 aliphatic heterocycles. The van der Waals surface area contributed by atoms with E-state index >= 15 is 0 Å². The lowest BCUT2D eigenvalue weighted by atomic mass is 10.1. The molecule has 2 N–H and O–H groups in total. The van der Waals surface area contributed by atoms with Crippen LogP contribution in [0.15, 0.2) is 29.2 Å². The number of benzene rings is 1. The fraction of sp³-hybridized carbons (Fsp3) is 0.250. The maximum absolute atomic E-state index is 12.6. The molecule has 24 heavy (non-hydrogen) atoms. The summed E-state index contributed by atoms with van der Waals surface area (Å²) in [6.07, 6.45) is 1.12. The van der Waals surface area contributed by atoms with E-state index in [0.717, 1.165) is 27.8 Å². The van der Waals surface area contributed by atoms with Crippen molar-refractivity contribution in [2.24, 2.45) is 0 Å². The average Bonchev–Trinajstić information content (AvgIpc) is 2.77. The molecular weight excluding hydrogens is 350 g/mol. The number of amides is 1. The summed E-state index contributed by atoms with van der Waals surface area (Å²) in [6, 6.07) is 6.19. The average molecular weight is 365 g/mol. The molecule has 1 heterocycles. The van der Waals surface area contributed by atoms with Crippen molar-refractivity contribution >= 4 is 52.2 Å². The Labute approximate surface area is 148 Å². The molecule has 0 aliphatic carbocycles. The number of carbonyl (C=O) groups excluding carboxylic acids is 1. The van der Waals surface area contributed by atoms with Crippen molar-refractivity contribution in [3.63, 3.8) is 0 Å². The molecule has 8 heteroatoms. The van der Waals surface area contributed by atoms with Crippen LogP contribution in [0.2, 0.25) is 0 Å². The molecule has 1 atom stereocenters. The Hall–Kier alpha value is -2.19. The fourth-order valence-electron chi connectivity index (χ4n) is 2.26. The summed E-state index contributed by atoms with van der Waals surface area (Å²) in [6.45, 7) is 1.90. The van der Waals surface area contributed by atoms with Crippen LogP contribution in [0.4, 0.5) is 0 Å². The molecule has 1 aromatic carbocycles. The van der Waals surface area contributed by atoms with E-state index in [1.54, 1.807) is 6.08 Å². The zero-order valence-corrected chi connectivity index (χ0v) is 14.4. The van der Waals surface area contributed by atoms with Gasteiger partial charge in [0.25, 0.3) is 5.91 Å². The van der Waals surface area contributed by atoms with Gasteiger partial charge in [-0.05, 0) is 30.5 Å². The first-order chi connectivity index (χ1) is 11.3. The van der Waals surface area contributed by atoms with Crippen molar-refractivity contribution in [1.82, 2.24) is 4.90 Å². The monoisotopic (exact) mass is 365 g/mol. The topological polar surface area (TPSA) is 94.9 Å². The first-order valence-corrected chi connectivity index (χ1v) is 8.31. The molecule has 1 unspecified atom stereocenters. The second kappa shape index (κ2) is 7.59. The number of thioether (sulfide) groups is 1. The van der Waals surface area contributed by atoms with Crippen molar-refractivity contribution in [3.05, 3.63) is 40.3 Å². The quantitative estimate of drug-likeness (QED) is 0.591. The van der Waals surface area contributed by atoms with Gasteiger partial charge in [-0.2, -0.15) is 0 Å². The highest BCUT2D eigenvalue weighted by molar-refractivity contribution is 8.26. The van der Waals surface area contributed by atoms with Crippen molar-refractivity contribution in [3.8, 4) is 0 Å². The number of carboxylic acid groups (broad SMARTS) is 2. The van der Waals surface area contributed by atoms with E-state index in [0.29, 0.717) is 4.91 Å². The van der Waals surface area contributed by atoms with Gasteiger partial charge >= 0.3 is 11.9 Å². The second-order valence-corrected chi connectivity index (χ2v) is 6.87. The van der Waals surface area contributed by atoms with E-state index in [-0.39, 0.29) is 17.2 Å². The standard InChI is InChI=1S/C16H15NO5S2/c1-9-4-2-3-5-10(9)8-12-14(20)17(16(23)24-12)11(15(21)22)6-7-13(18)19/h2-5,8,11H,6-7H2,1H3,(H,18,19)(H,21,22)/b12-8+. The van der Waals surface area contributed by atoms with E-state index < -0.39 is 23.9 Å². The first kappa shape index (κ1) is 18.2. The number of carbonyl (C=O) groups is 3. The largest absolute Gasteiger partial charge is 0.481 e. The molecule has 1 amide bonds. The second-order valence-electron chi connectivity index (χ2n) is 5.19. The Morgan fingerprint density at radius 2 is 2.00 bits per heavy atom. The summed E-state index contributed by atoms with van der Waals surface area (Å²) in [5.41, 5.74) is 1.82. The third-order valence-electron chi connectivity index (χ3n) is 3.53. The van der Waals surface area contributed by atoms with Gasteiger partial charge in [0.15, 0.2) is 0 Å². The van der Waals surface area contributed by atoms with E-state index in [1.165, 1.54) is 0 Å². The van der Waals surface area contributed by atoms with Crippen LogP contribution in [0, 0.1) is 6.92 Å². The number of hydrogen-bond acceptors (Lipinski definition) is 5. The highest BCUT2D eigenvalue weighted by Crippen LogP contribution is 2.35. The maximum Gasteiger partial charge on any atom is 0.326 e.